The molecule has 1 saturated carbocycles. The second kappa shape index (κ2) is 6.23. The van der Waals surface area contributed by atoms with Gasteiger partial charge >= 0.3 is 0 Å². The van der Waals surface area contributed by atoms with Gasteiger partial charge in [0.25, 0.3) is 0 Å². The third kappa shape index (κ3) is 2.87. The van der Waals surface area contributed by atoms with Crippen LogP contribution in [0.15, 0.2) is 0 Å². The normalized spacial score (nSPS) is 38.6. The minimum atomic E-state index is -0.0259. The van der Waals surface area contributed by atoms with E-state index in [9.17, 15) is 9.59 Å². The molecule has 0 radical (unpaired) electrons. The van der Waals surface area contributed by atoms with Crippen molar-refractivity contribution in [1.82, 2.24) is 19.6 Å². The lowest BCUT2D eigenvalue weighted by Gasteiger charge is -2.38. The molecule has 4 heterocycles. The first-order valence-corrected chi connectivity index (χ1v) is 10.3. The van der Waals surface area contributed by atoms with Crippen LogP contribution in [0.4, 0.5) is 0 Å². The molecule has 4 saturated heterocycles. The first-order chi connectivity index (χ1) is 12.2. The number of fused-ring (bicyclic) bond motifs is 2. The van der Waals surface area contributed by atoms with E-state index in [1.807, 2.05) is 0 Å². The number of nitrogens with zero attached hydrogens (tertiary/aromatic N) is 4. The fraction of sp³-hybridized carbons (Fsp3) is 0.895. The molecular weight excluding hydrogens is 316 g/mol. The largest absolute Gasteiger partial charge is 0.340 e. The van der Waals surface area contributed by atoms with E-state index in [4.69, 9.17) is 0 Å². The predicted octanol–water partition coefficient (Wildman–Crippen LogP) is 0.236. The Kier molecular flexibility index (Phi) is 4.01. The minimum absolute atomic E-state index is 0.0259. The van der Waals surface area contributed by atoms with Gasteiger partial charge in [-0.2, -0.15) is 0 Å². The summed E-state index contributed by atoms with van der Waals surface area (Å²) in [5, 5.41) is 0. The van der Waals surface area contributed by atoms with Crippen LogP contribution in [0.3, 0.4) is 0 Å². The van der Waals surface area contributed by atoms with Crippen molar-refractivity contribution in [2.45, 2.75) is 44.2 Å². The van der Waals surface area contributed by atoms with E-state index in [2.05, 4.69) is 19.6 Å². The topological polar surface area (TPSA) is 47.1 Å². The average Bonchev–Trinajstić information content (AvgIpc) is 3.06. The highest BCUT2D eigenvalue weighted by Gasteiger charge is 2.52. The van der Waals surface area contributed by atoms with Crippen molar-refractivity contribution in [3.05, 3.63) is 0 Å². The van der Waals surface area contributed by atoms with Gasteiger partial charge in [0.2, 0.25) is 11.8 Å². The van der Waals surface area contributed by atoms with Crippen molar-refractivity contribution in [3.63, 3.8) is 0 Å². The summed E-state index contributed by atoms with van der Waals surface area (Å²) in [5.41, 5.74) is 0. The molecule has 0 aromatic rings. The van der Waals surface area contributed by atoms with Crippen molar-refractivity contribution in [2.24, 2.45) is 11.8 Å². The lowest BCUT2D eigenvalue weighted by molar-refractivity contribution is -0.140. The molecule has 4 atom stereocenters. The average molecular weight is 346 g/mol. The van der Waals surface area contributed by atoms with Crippen LogP contribution in [0.25, 0.3) is 0 Å². The van der Waals surface area contributed by atoms with E-state index in [1.165, 1.54) is 38.8 Å². The maximum atomic E-state index is 12.9. The molecule has 2 amide bonds. The molecule has 0 aromatic heterocycles. The maximum absolute atomic E-state index is 12.9. The second-order valence-corrected chi connectivity index (χ2v) is 8.68. The number of piperazine rings is 2. The summed E-state index contributed by atoms with van der Waals surface area (Å²) >= 11 is 0. The summed E-state index contributed by atoms with van der Waals surface area (Å²) in [4.78, 5) is 34.9. The zero-order valence-electron chi connectivity index (χ0n) is 15.1. The predicted molar refractivity (Wildman–Crippen MR) is 93.9 cm³/mol. The van der Waals surface area contributed by atoms with Crippen LogP contribution in [0.2, 0.25) is 0 Å². The molecule has 25 heavy (non-hydrogen) atoms. The number of hydrogen-bond donors (Lipinski definition) is 0. The zero-order chi connectivity index (χ0) is 17.0. The molecule has 5 rings (SSSR count). The number of amides is 2. The number of rotatable bonds is 2. The summed E-state index contributed by atoms with van der Waals surface area (Å²) in [6, 6.07) is 1.14. The molecule has 138 valence electrons. The maximum Gasteiger partial charge on any atom is 0.226 e. The van der Waals surface area contributed by atoms with Crippen molar-refractivity contribution >= 4 is 11.8 Å². The van der Waals surface area contributed by atoms with Crippen LogP contribution in [0.1, 0.15) is 32.1 Å². The molecule has 5 aliphatic rings. The third-order valence-corrected chi connectivity index (χ3v) is 7.22. The Hall–Kier alpha value is -1.14. The van der Waals surface area contributed by atoms with Crippen LogP contribution >= 0.6 is 0 Å². The van der Waals surface area contributed by atoms with Gasteiger partial charge in [-0.15, -0.1) is 0 Å². The number of carbonyl (C=O) groups excluding carboxylic acids is 2. The molecule has 4 aliphatic heterocycles. The third-order valence-electron chi connectivity index (χ3n) is 7.22. The van der Waals surface area contributed by atoms with Gasteiger partial charge < -0.3 is 9.80 Å². The van der Waals surface area contributed by atoms with Crippen molar-refractivity contribution in [3.8, 4) is 0 Å². The molecular formula is C19H30N4O2. The van der Waals surface area contributed by atoms with Crippen molar-refractivity contribution in [2.75, 3.05) is 52.4 Å². The lowest BCUT2D eigenvalue weighted by Crippen LogP contribution is -2.53. The quantitative estimate of drug-likeness (QED) is 0.718. The Bertz CT molecular complexity index is 520. The van der Waals surface area contributed by atoms with Gasteiger partial charge in [-0.1, -0.05) is 0 Å². The number of carbonyl (C=O) groups is 2. The molecule has 0 spiro atoms. The highest BCUT2D eigenvalue weighted by molar-refractivity contribution is 5.92. The van der Waals surface area contributed by atoms with Crippen molar-refractivity contribution in [1.29, 1.82) is 0 Å². The Balaban J connectivity index is 1.16. The van der Waals surface area contributed by atoms with Gasteiger partial charge in [-0.05, 0) is 45.2 Å². The SMILES string of the molecule is O=C([C@@H]1C[C@H]1C(=O)N1CCN2CCCC2C1)N1CCN2CCCC2C1. The molecule has 1 aliphatic carbocycles. The summed E-state index contributed by atoms with van der Waals surface area (Å²) in [5.74, 6) is 0.456. The Morgan fingerprint density at radius 2 is 1.12 bits per heavy atom. The minimum Gasteiger partial charge on any atom is -0.340 e. The van der Waals surface area contributed by atoms with E-state index in [1.54, 1.807) is 0 Å². The lowest BCUT2D eigenvalue weighted by atomic mass is 10.1. The molecule has 0 aromatic carbocycles. The van der Waals surface area contributed by atoms with Gasteiger partial charge in [-0.25, -0.2) is 0 Å². The first kappa shape index (κ1) is 16.1. The molecule has 0 N–H and O–H groups in total. The van der Waals surface area contributed by atoms with Gasteiger partial charge in [0.15, 0.2) is 0 Å². The van der Waals surface area contributed by atoms with E-state index >= 15 is 0 Å². The van der Waals surface area contributed by atoms with Gasteiger partial charge in [-0.3, -0.25) is 19.4 Å². The highest BCUT2D eigenvalue weighted by Crippen LogP contribution is 2.42. The second-order valence-electron chi connectivity index (χ2n) is 8.68. The van der Waals surface area contributed by atoms with Gasteiger partial charge in [0, 0.05) is 51.4 Å². The smallest absolute Gasteiger partial charge is 0.226 e. The molecule has 5 fully saturated rings. The van der Waals surface area contributed by atoms with Crippen molar-refractivity contribution < 1.29 is 9.59 Å². The van der Waals surface area contributed by atoms with Crippen LogP contribution in [0.5, 0.6) is 0 Å². The molecule has 2 unspecified atom stereocenters. The molecule has 0 bridgehead atoms. The first-order valence-electron chi connectivity index (χ1n) is 10.3. The van der Waals surface area contributed by atoms with Crippen LogP contribution in [-0.4, -0.2) is 95.9 Å². The van der Waals surface area contributed by atoms with Crippen LogP contribution in [-0.2, 0) is 9.59 Å². The fourth-order valence-electron chi connectivity index (χ4n) is 5.59. The monoisotopic (exact) mass is 346 g/mol. The summed E-state index contributed by atoms with van der Waals surface area (Å²) in [6.07, 6.45) is 5.77. The van der Waals surface area contributed by atoms with E-state index in [0.717, 1.165) is 45.7 Å². The Labute approximate surface area is 150 Å². The van der Waals surface area contributed by atoms with E-state index in [-0.39, 0.29) is 23.7 Å². The number of hydrogen-bond acceptors (Lipinski definition) is 4. The molecule has 6 nitrogen and oxygen atoms in total. The summed E-state index contributed by atoms with van der Waals surface area (Å²) < 4.78 is 0. The summed E-state index contributed by atoms with van der Waals surface area (Å²) in [6.45, 7) is 7.92. The Morgan fingerprint density at radius 3 is 1.60 bits per heavy atom. The molecule has 6 heteroatoms. The highest BCUT2D eigenvalue weighted by atomic mass is 16.2. The van der Waals surface area contributed by atoms with Gasteiger partial charge in [0.1, 0.15) is 0 Å². The fourth-order valence-corrected chi connectivity index (χ4v) is 5.59. The van der Waals surface area contributed by atoms with Gasteiger partial charge in [0.05, 0.1) is 11.8 Å². The summed E-state index contributed by atoms with van der Waals surface area (Å²) in [7, 11) is 0. The zero-order valence-corrected chi connectivity index (χ0v) is 15.1. The van der Waals surface area contributed by atoms with E-state index < -0.39 is 0 Å². The Morgan fingerprint density at radius 1 is 0.640 bits per heavy atom. The van der Waals surface area contributed by atoms with E-state index in [0.29, 0.717) is 12.1 Å². The standard InChI is InChI=1S/C19H30N4O2/c24-18(22-9-7-20-5-1-3-14(20)12-22)16-11-17(16)19(25)23-10-8-21-6-2-4-15(21)13-23/h14-17H,1-13H2/t14?,15?,16-,17-/m1/s1. The van der Waals surface area contributed by atoms with Crippen LogP contribution in [0, 0.1) is 11.8 Å². The van der Waals surface area contributed by atoms with Crippen LogP contribution < -0.4 is 0 Å².